The zero-order chi connectivity index (χ0) is 16.3. The molecule has 1 N–H and O–H groups in total. The van der Waals surface area contributed by atoms with Crippen LogP contribution in [0.4, 0.5) is 0 Å². The molecule has 0 aliphatic rings. The smallest absolute Gasteiger partial charge is 0.375 e. The average Bonchev–Trinajstić information content (AvgIpc) is 2.47. The number of rotatable bonds is 4. The third kappa shape index (κ3) is 3.33. The van der Waals surface area contributed by atoms with Gasteiger partial charge in [0.15, 0.2) is 11.5 Å². The van der Waals surface area contributed by atoms with E-state index < -0.39 is 18.0 Å². The van der Waals surface area contributed by atoms with Gasteiger partial charge in [0.1, 0.15) is 5.58 Å². The topological polar surface area (TPSA) is 85.6 Å². The number of aryl methyl sites for hydroxylation is 1. The van der Waals surface area contributed by atoms with Crippen LogP contribution in [0.25, 0.3) is 11.0 Å². The molecule has 0 bridgehead atoms. The zero-order valence-corrected chi connectivity index (χ0v) is 12.6. The maximum absolute atomic E-state index is 12.0. The van der Waals surface area contributed by atoms with Crippen LogP contribution in [0, 0.1) is 6.92 Å². The summed E-state index contributed by atoms with van der Waals surface area (Å²) in [7, 11) is 0. The number of carbonyl (C=O) groups excluding carboxylic acids is 2. The van der Waals surface area contributed by atoms with Gasteiger partial charge in [-0.15, -0.1) is 0 Å². The van der Waals surface area contributed by atoms with Crippen molar-refractivity contribution in [3.63, 3.8) is 0 Å². The lowest BCUT2D eigenvalue weighted by atomic mass is 10.1. The molecule has 6 nitrogen and oxygen atoms in total. The second-order valence-corrected chi connectivity index (χ2v) is 4.92. The molecule has 116 valence electrons. The summed E-state index contributed by atoms with van der Waals surface area (Å²) in [4.78, 5) is 35.6. The molecule has 6 heteroatoms. The molecule has 0 unspecified atom stereocenters. The Labute approximate surface area is 127 Å². The van der Waals surface area contributed by atoms with E-state index >= 15 is 0 Å². The molecule has 0 fully saturated rings. The second-order valence-electron chi connectivity index (χ2n) is 4.92. The maximum Gasteiger partial charge on any atom is 0.375 e. The van der Waals surface area contributed by atoms with Crippen LogP contribution in [0.3, 0.4) is 0 Å². The van der Waals surface area contributed by atoms with E-state index in [0.29, 0.717) is 17.5 Å². The molecule has 1 amide bonds. The van der Waals surface area contributed by atoms with Crippen molar-refractivity contribution < 1.29 is 18.7 Å². The first-order valence-corrected chi connectivity index (χ1v) is 6.95. The Hall–Kier alpha value is -2.63. The van der Waals surface area contributed by atoms with E-state index in [1.54, 1.807) is 25.1 Å². The number of nitrogens with one attached hydrogen (secondary N) is 1. The van der Waals surface area contributed by atoms with Crippen molar-refractivity contribution in [2.45, 2.75) is 26.9 Å². The van der Waals surface area contributed by atoms with Crippen molar-refractivity contribution in [1.82, 2.24) is 5.32 Å². The number of amides is 1. The van der Waals surface area contributed by atoms with Gasteiger partial charge < -0.3 is 14.5 Å². The highest BCUT2D eigenvalue weighted by molar-refractivity contribution is 5.91. The van der Waals surface area contributed by atoms with E-state index in [-0.39, 0.29) is 11.2 Å². The lowest BCUT2D eigenvalue weighted by Crippen LogP contribution is -2.35. The fourth-order valence-electron chi connectivity index (χ4n) is 1.96. The molecule has 2 aromatic rings. The Morgan fingerprint density at radius 2 is 2.05 bits per heavy atom. The molecule has 0 aliphatic heterocycles. The van der Waals surface area contributed by atoms with Crippen LogP contribution >= 0.6 is 0 Å². The van der Waals surface area contributed by atoms with Crippen LogP contribution in [0.1, 0.15) is 30.0 Å². The summed E-state index contributed by atoms with van der Waals surface area (Å²) >= 11 is 0. The number of carbonyl (C=O) groups is 2. The van der Waals surface area contributed by atoms with Crippen LogP contribution < -0.4 is 10.7 Å². The molecule has 0 saturated carbocycles. The van der Waals surface area contributed by atoms with E-state index in [0.717, 1.165) is 11.6 Å². The molecular formula is C16H17NO5. The molecule has 1 atom stereocenters. The first kappa shape index (κ1) is 15.8. The van der Waals surface area contributed by atoms with Gasteiger partial charge in [-0.3, -0.25) is 9.59 Å². The van der Waals surface area contributed by atoms with E-state index in [4.69, 9.17) is 9.15 Å². The summed E-state index contributed by atoms with van der Waals surface area (Å²) in [5.41, 5.74) is 0.887. The molecule has 1 aromatic heterocycles. The highest BCUT2D eigenvalue weighted by Gasteiger charge is 2.20. The van der Waals surface area contributed by atoms with Gasteiger partial charge in [-0.2, -0.15) is 0 Å². The third-order valence-corrected chi connectivity index (χ3v) is 3.09. The average molecular weight is 303 g/mol. The van der Waals surface area contributed by atoms with Crippen LogP contribution in [0.15, 0.2) is 33.5 Å². The number of hydrogen-bond acceptors (Lipinski definition) is 5. The van der Waals surface area contributed by atoms with Gasteiger partial charge in [0.2, 0.25) is 5.76 Å². The fourth-order valence-corrected chi connectivity index (χ4v) is 1.96. The van der Waals surface area contributed by atoms with Gasteiger partial charge in [-0.1, -0.05) is 11.6 Å². The SMILES string of the molecule is CCNC(=O)[C@H](C)OC(=O)c1cc(=O)c2cc(C)ccc2o1. The highest BCUT2D eigenvalue weighted by Crippen LogP contribution is 2.15. The molecule has 0 radical (unpaired) electrons. The van der Waals surface area contributed by atoms with Crippen molar-refractivity contribution >= 4 is 22.8 Å². The number of fused-ring (bicyclic) bond motifs is 1. The maximum atomic E-state index is 12.0. The van der Waals surface area contributed by atoms with Gasteiger partial charge in [0.25, 0.3) is 5.91 Å². The second kappa shape index (κ2) is 6.43. The summed E-state index contributed by atoms with van der Waals surface area (Å²) < 4.78 is 10.4. The Kier molecular flexibility index (Phi) is 4.60. The molecule has 22 heavy (non-hydrogen) atoms. The normalized spacial score (nSPS) is 12.0. The monoisotopic (exact) mass is 303 g/mol. The predicted molar refractivity (Wildman–Crippen MR) is 80.8 cm³/mol. The molecule has 1 aromatic carbocycles. The molecule has 0 spiro atoms. The Morgan fingerprint density at radius 1 is 1.32 bits per heavy atom. The minimum Gasteiger partial charge on any atom is -0.449 e. The minimum atomic E-state index is -0.966. The molecule has 1 heterocycles. The third-order valence-electron chi connectivity index (χ3n) is 3.09. The molecular weight excluding hydrogens is 286 g/mol. The summed E-state index contributed by atoms with van der Waals surface area (Å²) in [6, 6.07) is 6.16. The van der Waals surface area contributed by atoms with Gasteiger partial charge in [-0.25, -0.2) is 4.79 Å². The summed E-state index contributed by atoms with van der Waals surface area (Å²) in [6.07, 6.45) is -0.966. The van der Waals surface area contributed by atoms with Gasteiger partial charge in [0, 0.05) is 12.6 Å². The quantitative estimate of drug-likeness (QED) is 0.870. The molecule has 0 saturated heterocycles. The standard InChI is InChI=1S/C16H17NO5/c1-4-17-15(19)10(3)21-16(20)14-8-12(18)11-7-9(2)5-6-13(11)22-14/h5-8,10H,4H2,1-3H3,(H,17,19)/t10-/m0/s1. The van der Waals surface area contributed by atoms with Crippen LogP contribution in [0.2, 0.25) is 0 Å². The van der Waals surface area contributed by atoms with Gasteiger partial charge >= 0.3 is 5.97 Å². The minimum absolute atomic E-state index is 0.225. The Balaban J connectivity index is 2.27. The zero-order valence-electron chi connectivity index (χ0n) is 12.6. The van der Waals surface area contributed by atoms with Crippen molar-refractivity contribution in [2.24, 2.45) is 0 Å². The number of likely N-dealkylation sites (N-methyl/N-ethyl adjacent to an activating group) is 1. The fraction of sp³-hybridized carbons (Fsp3) is 0.312. The van der Waals surface area contributed by atoms with E-state index in [1.807, 2.05) is 6.92 Å². The largest absolute Gasteiger partial charge is 0.449 e. The molecule has 0 aliphatic carbocycles. The van der Waals surface area contributed by atoms with Crippen LogP contribution in [-0.4, -0.2) is 24.5 Å². The van der Waals surface area contributed by atoms with Crippen molar-refractivity contribution in [3.8, 4) is 0 Å². The summed E-state index contributed by atoms with van der Waals surface area (Å²) in [5.74, 6) is -1.48. The van der Waals surface area contributed by atoms with Crippen LogP contribution in [0.5, 0.6) is 0 Å². The predicted octanol–water partition coefficient (Wildman–Crippen LogP) is 1.78. The van der Waals surface area contributed by atoms with E-state index in [2.05, 4.69) is 5.32 Å². The van der Waals surface area contributed by atoms with Gasteiger partial charge in [-0.05, 0) is 32.9 Å². The lowest BCUT2D eigenvalue weighted by molar-refractivity contribution is -0.129. The van der Waals surface area contributed by atoms with E-state index in [9.17, 15) is 14.4 Å². The van der Waals surface area contributed by atoms with Crippen molar-refractivity contribution in [1.29, 1.82) is 0 Å². The lowest BCUT2D eigenvalue weighted by Gasteiger charge is -2.12. The number of ether oxygens (including phenoxy) is 1. The van der Waals surface area contributed by atoms with E-state index in [1.165, 1.54) is 6.92 Å². The van der Waals surface area contributed by atoms with Crippen molar-refractivity contribution in [2.75, 3.05) is 6.54 Å². The van der Waals surface area contributed by atoms with Gasteiger partial charge in [0.05, 0.1) is 5.39 Å². The number of esters is 1. The number of hydrogen-bond donors (Lipinski definition) is 1. The van der Waals surface area contributed by atoms with Crippen LogP contribution in [-0.2, 0) is 9.53 Å². The number of benzene rings is 1. The summed E-state index contributed by atoms with van der Waals surface area (Å²) in [5, 5.41) is 2.94. The molecule has 2 rings (SSSR count). The Bertz CT molecular complexity index is 778. The Morgan fingerprint density at radius 3 is 2.73 bits per heavy atom. The van der Waals surface area contributed by atoms with Crippen molar-refractivity contribution in [3.05, 3.63) is 45.8 Å². The highest BCUT2D eigenvalue weighted by atomic mass is 16.6. The first-order chi connectivity index (χ1) is 10.4. The first-order valence-electron chi connectivity index (χ1n) is 6.95. The summed E-state index contributed by atoms with van der Waals surface area (Å²) in [6.45, 7) is 5.50.